The highest BCUT2D eigenvalue weighted by atomic mass is 35.5. The van der Waals surface area contributed by atoms with E-state index in [1.807, 2.05) is 6.92 Å². The molecule has 2 rings (SSSR count). The number of halogens is 2. The first kappa shape index (κ1) is 14.6. The fourth-order valence-electron chi connectivity index (χ4n) is 1.23. The van der Waals surface area contributed by atoms with Gasteiger partial charge < -0.3 is 0 Å². The van der Waals surface area contributed by atoms with Crippen molar-refractivity contribution in [2.45, 2.75) is 11.8 Å². The highest BCUT2D eigenvalue weighted by Crippen LogP contribution is 2.29. The molecule has 8 heteroatoms. The molecule has 100 valence electrons. The van der Waals surface area contributed by atoms with Crippen molar-refractivity contribution in [2.75, 3.05) is 11.1 Å². The Balaban J connectivity index is 1.91. The summed E-state index contributed by atoms with van der Waals surface area (Å²) in [5.41, 5.74) is 0. The Morgan fingerprint density at radius 3 is 2.89 bits per heavy atom. The molecule has 0 bridgehead atoms. The Hall–Kier alpha value is -0.820. The topological polar surface area (TPSA) is 54.9 Å². The lowest BCUT2D eigenvalue weighted by atomic mass is 10.4. The summed E-state index contributed by atoms with van der Waals surface area (Å²) < 4.78 is 0. The van der Waals surface area contributed by atoms with Gasteiger partial charge in [0.2, 0.25) is 11.0 Å². The molecule has 0 aliphatic rings. The van der Waals surface area contributed by atoms with Crippen molar-refractivity contribution < 1.29 is 4.79 Å². The fourth-order valence-corrected chi connectivity index (χ4v) is 3.13. The number of aromatic nitrogens is 2. The largest absolute Gasteiger partial charge is 0.300 e. The Labute approximate surface area is 128 Å². The minimum absolute atomic E-state index is 0.155. The summed E-state index contributed by atoms with van der Waals surface area (Å²) in [5.74, 6) is 0.0794. The molecule has 0 radical (unpaired) electrons. The van der Waals surface area contributed by atoms with Crippen LogP contribution in [0, 0.1) is 6.92 Å². The molecule has 0 saturated carbocycles. The summed E-state index contributed by atoms with van der Waals surface area (Å²) in [6.07, 6.45) is 0. The standard InChI is InChI=1S/C11H9Cl2N3OS2/c1-6-15-16-11(19-6)14-10(17)5-18-9-4-7(12)2-3-8(9)13/h2-4H,5H2,1H3,(H,14,16,17). The average molecular weight is 334 g/mol. The van der Waals surface area contributed by atoms with Crippen LogP contribution in [0.25, 0.3) is 0 Å². The van der Waals surface area contributed by atoms with Crippen molar-refractivity contribution in [3.8, 4) is 0 Å². The highest BCUT2D eigenvalue weighted by molar-refractivity contribution is 8.00. The van der Waals surface area contributed by atoms with Crippen LogP contribution in [0.2, 0.25) is 10.0 Å². The second kappa shape index (κ2) is 6.56. The maximum absolute atomic E-state index is 11.7. The van der Waals surface area contributed by atoms with Crippen molar-refractivity contribution >= 4 is 57.3 Å². The van der Waals surface area contributed by atoms with E-state index in [2.05, 4.69) is 15.5 Å². The number of benzene rings is 1. The van der Waals surface area contributed by atoms with Gasteiger partial charge in [-0.1, -0.05) is 34.5 Å². The number of aryl methyl sites for hydroxylation is 1. The number of carbonyl (C=O) groups excluding carboxylic acids is 1. The zero-order valence-corrected chi connectivity index (χ0v) is 13.0. The van der Waals surface area contributed by atoms with E-state index in [9.17, 15) is 4.79 Å². The predicted molar refractivity (Wildman–Crippen MR) is 80.5 cm³/mol. The molecule has 1 heterocycles. The van der Waals surface area contributed by atoms with E-state index in [1.54, 1.807) is 18.2 Å². The average Bonchev–Trinajstić information content (AvgIpc) is 2.76. The highest BCUT2D eigenvalue weighted by Gasteiger charge is 2.09. The van der Waals surface area contributed by atoms with E-state index >= 15 is 0 Å². The van der Waals surface area contributed by atoms with Gasteiger partial charge in [0.25, 0.3) is 0 Å². The molecule has 0 atom stereocenters. The second-order valence-electron chi connectivity index (χ2n) is 3.54. The van der Waals surface area contributed by atoms with E-state index < -0.39 is 0 Å². The van der Waals surface area contributed by atoms with Gasteiger partial charge in [-0.25, -0.2) is 0 Å². The summed E-state index contributed by atoms with van der Waals surface area (Å²) in [4.78, 5) is 12.5. The molecular weight excluding hydrogens is 325 g/mol. The van der Waals surface area contributed by atoms with E-state index in [0.29, 0.717) is 15.2 Å². The van der Waals surface area contributed by atoms with Gasteiger partial charge in [0.1, 0.15) is 5.01 Å². The lowest BCUT2D eigenvalue weighted by Gasteiger charge is -2.04. The SMILES string of the molecule is Cc1nnc(NC(=O)CSc2cc(Cl)ccc2Cl)s1. The maximum atomic E-state index is 11.7. The van der Waals surface area contributed by atoms with E-state index in [0.717, 1.165) is 9.90 Å². The lowest BCUT2D eigenvalue weighted by Crippen LogP contribution is -2.13. The van der Waals surface area contributed by atoms with Crippen molar-refractivity contribution in [2.24, 2.45) is 0 Å². The number of nitrogens with zero attached hydrogens (tertiary/aromatic N) is 2. The van der Waals surface area contributed by atoms with E-state index in [1.165, 1.54) is 23.1 Å². The second-order valence-corrected chi connectivity index (χ2v) is 6.58. The van der Waals surface area contributed by atoms with Gasteiger partial charge in [0.15, 0.2) is 0 Å². The normalized spacial score (nSPS) is 10.5. The monoisotopic (exact) mass is 333 g/mol. The number of hydrogen-bond donors (Lipinski definition) is 1. The Morgan fingerprint density at radius 2 is 2.21 bits per heavy atom. The quantitative estimate of drug-likeness (QED) is 0.862. The zero-order chi connectivity index (χ0) is 13.8. The van der Waals surface area contributed by atoms with Crippen LogP contribution in [0.1, 0.15) is 5.01 Å². The number of amides is 1. The molecule has 0 spiro atoms. The van der Waals surface area contributed by atoms with Gasteiger partial charge in [0, 0.05) is 9.92 Å². The zero-order valence-electron chi connectivity index (χ0n) is 9.81. The number of nitrogens with one attached hydrogen (secondary N) is 1. The molecule has 0 saturated heterocycles. The lowest BCUT2D eigenvalue weighted by molar-refractivity contribution is -0.113. The predicted octanol–water partition coefficient (Wildman–Crippen LogP) is 3.88. The molecule has 0 unspecified atom stereocenters. The van der Waals surface area contributed by atoms with Crippen molar-refractivity contribution in [3.63, 3.8) is 0 Å². The molecular formula is C11H9Cl2N3OS2. The van der Waals surface area contributed by atoms with Crippen LogP contribution in [0.3, 0.4) is 0 Å². The summed E-state index contributed by atoms with van der Waals surface area (Å²) in [7, 11) is 0. The van der Waals surface area contributed by atoms with Crippen LogP contribution in [-0.2, 0) is 4.79 Å². The molecule has 1 aromatic carbocycles. The van der Waals surface area contributed by atoms with Crippen molar-refractivity contribution in [1.29, 1.82) is 0 Å². The minimum Gasteiger partial charge on any atom is -0.300 e. The molecule has 2 aromatic rings. The minimum atomic E-state index is -0.155. The number of rotatable bonds is 4. The smallest absolute Gasteiger partial charge is 0.236 e. The van der Waals surface area contributed by atoms with Gasteiger partial charge in [-0.05, 0) is 25.1 Å². The number of carbonyl (C=O) groups is 1. The first-order valence-electron chi connectivity index (χ1n) is 5.22. The number of hydrogen-bond acceptors (Lipinski definition) is 5. The van der Waals surface area contributed by atoms with Gasteiger partial charge in [-0.15, -0.1) is 22.0 Å². The van der Waals surface area contributed by atoms with Crippen LogP contribution in [0.4, 0.5) is 5.13 Å². The molecule has 0 aliphatic heterocycles. The third-order valence-corrected chi connectivity index (χ3v) is 4.51. The first-order chi connectivity index (χ1) is 9.04. The summed E-state index contributed by atoms with van der Waals surface area (Å²) >= 11 is 14.5. The first-order valence-corrected chi connectivity index (χ1v) is 7.78. The van der Waals surface area contributed by atoms with E-state index in [4.69, 9.17) is 23.2 Å². The molecule has 0 aliphatic carbocycles. The Bertz CT molecular complexity index is 603. The molecule has 1 N–H and O–H groups in total. The van der Waals surface area contributed by atoms with Crippen molar-refractivity contribution in [1.82, 2.24) is 10.2 Å². The number of thioether (sulfide) groups is 1. The summed E-state index contributed by atoms with van der Waals surface area (Å²) in [6.45, 7) is 1.83. The third kappa shape index (κ3) is 4.35. The van der Waals surface area contributed by atoms with Gasteiger partial charge in [0.05, 0.1) is 10.8 Å². The van der Waals surface area contributed by atoms with Crippen LogP contribution >= 0.6 is 46.3 Å². The fraction of sp³-hybridized carbons (Fsp3) is 0.182. The van der Waals surface area contributed by atoms with Crippen molar-refractivity contribution in [3.05, 3.63) is 33.3 Å². The molecule has 4 nitrogen and oxygen atoms in total. The Morgan fingerprint density at radius 1 is 1.42 bits per heavy atom. The van der Waals surface area contributed by atoms with Crippen LogP contribution in [0.15, 0.2) is 23.1 Å². The van der Waals surface area contributed by atoms with E-state index in [-0.39, 0.29) is 11.7 Å². The molecule has 1 aromatic heterocycles. The summed E-state index contributed by atoms with van der Waals surface area (Å²) in [6, 6.07) is 5.15. The third-order valence-electron chi connectivity index (χ3n) is 2.02. The van der Waals surface area contributed by atoms with Crippen LogP contribution < -0.4 is 5.32 Å². The van der Waals surface area contributed by atoms with Gasteiger partial charge >= 0.3 is 0 Å². The van der Waals surface area contributed by atoms with Crippen LogP contribution in [-0.4, -0.2) is 21.9 Å². The molecule has 0 fully saturated rings. The maximum Gasteiger partial charge on any atom is 0.236 e. The molecule has 1 amide bonds. The number of anilines is 1. The molecule has 19 heavy (non-hydrogen) atoms. The van der Waals surface area contributed by atoms with Gasteiger partial charge in [-0.2, -0.15) is 0 Å². The Kier molecular flexibility index (Phi) is 5.04. The van der Waals surface area contributed by atoms with Crippen LogP contribution in [0.5, 0.6) is 0 Å². The van der Waals surface area contributed by atoms with Gasteiger partial charge in [-0.3, -0.25) is 10.1 Å². The summed E-state index contributed by atoms with van der Waals surface area (Å²) in [5, 5.41) is 12.8.